The van der Waals surface area contributed by atoms with Gasteiger partial charge in [0.05, 0.1) is 0 Å². The summed E-state index contributed by atoms with van der Waals surface area (Å²) in [5, 5.41) is 10.5. The van der Waals surface area contributed by atoms with Crippen molar-refractivity contribution in [1.29, 1.82) is 0 Å². The van der Waals surface area contributed by atoms with Gasteiger partial charge >= 0.3 is 5.97 Å². The van der Waals surface area contributed by atoms with Gasteiger partial charge in [0.1, 0.15) is 0 Å². The molecule has 1 aromatic rings. The van der Waals surface area contributed by atoms with Crippen LogP contribution in [-0.4, -0.2) is 18.2 Å². The molecule has 0 spiro atoms. The Labute approximate surface area is 68.2 Å². The van der Waals surface area contributed by atoms with E-state index in [9.17, 15) is 4.79 Å². The maximum absolute atomic E-state index is 10.5. The lowest BCUT2D eigenvalue weighted by Gasteiger charge is -2.06. The molecule has 0 aliphatic heterocycles. The molecule has 60 valence electrons. The van der Waals surface area contributed by atoms with Gasteiger partial charge in [-0.2, -0.15) is 0 Å². The molecule has 0 unspecified atom stereocenters. The Balaban J connectivity index is 2.79. The van der Waals surface area contributed by atoms with Crippen LogP contribution in [0.2, 0.25) is 0 Å². The predicted molar refractivity (Wildman–Crippen MR) is 41.7 cm³/mol. The number of rotatable bonds is 3. The van der Waals surface area contributed by atoms with E-state index in [1.807, 2.05) is 5.38 Å². The Hall–Kier alpha value is -0.870. The van der Waals surface area contributed by atoms with E-state index in [0.29, 0.717) is 0 Å². The molecule has 11 heavy (non-hydrogen) atoms. The molecule has 0 aliphatic carbocycles. The maximum Gasteiger partial charge on any atom is 0.338 e. The quantitative estimate of drug-likeness (QED) is 0.751. The van der Waals surface area contributed by atoms with Crippen LogP contribution in [0.1, 0.15) is 11.0 Å². The Morgan fingerprint density at radius 1 is 1.82 bits per heavy atom. The number of ether oxygens (including phenoxy) is 1. The summed E-state index contributed by atoms with van der Waals surface area (Å²) >= 11 is 1.38. The van der Waals surface area contributed by atoms with Crippen molar-refractivity contribution in [1.82, 2.24) is 0 Å². The fourth-order valence-corrected chi connectivity index (χ4v) is 1.57. The van der Waals surface area contributed by atoms with E-state index in [2.05, 4.69) is 0 Å². The fourth-order valence-electron chi connectivity index (χ4n) is 0.779. The molecule has 0 radical (unpaired) electrons. The van der Waals surface area contributed by atoms with Crippen molar-refractivity contribution in [3.8, 4) is 0 Å². The zero-order valence-electron chi connectivity index (χ0n) is 5.98. The molecule has 0 saturated carbocycles. The first kappa shape index (κ1) is 8.23. The number of hydrogen-bond donors (Lipinski definition) is 1. The molecule has 1 atom stereocenters. The molecule has 1 N–H and O–H groups in total. The second-order valence-electron chi connectivity index (χ2n) is 1.97. The Bertz CT molecular complexity index is 230. The molecule has 0 fully saturated rings. The SMILES string of the molecule is CO[C@@H](C(=O)O)c1cccs1. The summed E-state index contributed by atoms with van der Waals surface area (Å²) < 4.78 is 4.77. The first-order valence-corrected chi connectivity index (χ1v) is 3.92. The van der Waals surface area contributed by atoms with Crippen molar-refractivity contribution in [2.45, 2.75) is 6.10 Å². The number of carbonyl (C=O) groups is 1. The van der Waals surface area contributed by atoms with Gasteiger partial charge in [0, 0.05) is 12.0 Å². The van der Waals surface area contributed by atoms with Crippen LogP contribution in [0.25, 0.3) is 0 Å². The van der Waals surface area contributed by atoms with Gasteiger partial charge in [0.15, 0.2) is 6.10 Å². The summed E-state index contributed by atoms with van der Waals surface area (Å²) in [4.78, 5) is 11.2. The van der Waals surface area contributed by atoms with Gasteiger partial charge in [-0.1, -0.05) is 6.07 Å². The summed E-state index contributed by atoms with van der Waals surface area (Å²) in [5.74, 6) is -0.949. The highest BCUT2D eigenvalue weighted by atomic mass is 32.1. The van der Waals surface area contributed by atoms with Crippen LogP contribution >= 0.6 is 11.3 Å². The van der Waals surface area contributed by atoms with Crippen LogP contribution in [0, 0.1) is 0 Å². The molecule has 0 aliphatic rings. The van der Waals surface area contributed by atoms with Crippen molar-refractivity contribution >= 4 is 17.3 Å². The number of hydrogen-bond acceptors (Lipinski definition) is 3. The Morgan fingerprint density at radius 2 is 2.55 bits per heavy atom. The van der Waals surface area contributed by atoms with Crippen LogP contribution in [0.15, 0.2) is 17.5 Å². The highest BCUT2D eigenvalue weighted by Crippen LogP contribution is 2.21. The van der Waals surface area contributed by atoms with Crippen LogP contribution in [0.4, 0.5) is 0 Å². The third-order valence-electron chi connectivity index (χ3n) is 1.26. The number of methoxy groups -OCH3 is 1. The van der Waals surface area contributed by atoms with E-state index >= 15 is 0 Å². The second kappa shape index (κ2) is 3.50. The van der Waals surface area contributed by atoms with Crippen molar-refractivity contribution in [2.24, 2.45) is 0 Å². The van der Waals surface area contributed by atoms with E-state index in [-0.39, 0.29) is 0 Å². The molecule has 0 amide bonds. The molecular weight excluding hydrogens is 164 g/mol. The highest BCUT2D eigenvalue weighted by molar-refractivity contribution is 7.10. The molecule has 0 aromatic carbocycles. The molecule has 0 bridgehead atoms. The van der Waals surface area contributed by atoms with Crippen LogP contribution < -0.4 is 0 Å². The average Bonchev–Trinajstić information content (AvgIpc) is 2.40. The van der Waals surface area contributed by atoms with Crippen molar-refractivity contribution in [3.63, 3.8) is 0 Å². The molecule has 1 rings (SSSR count). The minimum atomic E-state index is -0.949. The van der Waals surface area contributed by atoms with E-state index in [4.69, 9.17) is 9.84 Å². The maximum atomic E-state index is 10.5. The lowest BCUT2D eigenvalue weighted by Crippen LogP contribution is -2.11. The standard InChI is InChI=1S/C7H8O3S/c1-10-6(7(8)9)5-3-2-4-11-5/h2-4,6H,1H3,(H,8,9)/t6-/m1/s1. The van der Waals surface area contributed by atoms with Crippen LogP contribution in [0.5, 0.6) is 0 Å². The van der Waals surface area contributed by atoms with Crippen molar-refractivity contribution < 1.29 is 14.6 Å². The number of aliphatic carboxylic acids is 1. The van der Waals surface area contributed by atoms with Gasteiger partial charge in [-0.25, -0.2) is 4.79 Å². The number of carboxylic acids is 1. The monoisotopic (exact) mass is 172 g/mol. The largest absolute Gasteiger partial charge is 0.479 e. The van der Waals surface area contributed by atoms with Crippen molar-refractivity contribution in [3.05, 3.63) is 22.4 Å². The minimum absolute atomic E-state index is 0.722. The normalized spacial score (nSPS) is 12.8. The van der Waals surface area contributed by atoms with Gasteiger partial charge in [-0.3, -0.25) is 0 Å². The third-order valence-corrected chi connectivity index (χ3v) is 2.18. The van der Waals surface area contributed by atoms with E-state index in [0.717, 1.165) is 4.88 Å². The van der Waals surface area contributed by atoms with Crippen LogP contribution in [0.3, 0.4) is 0 Å². The smallest absolute Gasteiger partial charge is 0.338 e. The van der Waals surface area contributed by atoms with Gasteiger partial charge in [-0.05, 0) is 11.4 Å². The summed E-state index contributed by atoms with van der Waals surface area (Å²) in [6.07, 6.45) is -0.810. The second-order valence-corrected chi connectivity index (χ2v) is 2.95. The Morgan fingerprint density at radius 3 is 2.91 bits per heavy atom. The van der Waals surface area contributed by atoms with Gasteiger partial charge in [-0.15, -0.1) is 11.3 Å². The van der Waals surface area contributed by atoms with E-state index in [1.54, 1.807) is 12.1 Å². The number of thiophene rings is 1. The molecule has 3 nitrogen and oxygen atoms in total. The number of carboxylic acid groups (broad SMARTS) is 1. The topological polar surface area (TPSA) is 46.5 Å². The third kappa shape index (κ3) is 1.78. The molecule has 1 aromatic heterocycles. The molecule has 4 heteroatoms. The minimum Gasteiger partial charge on any atom is -0.479 e. The first-order valence-electron chi connectivity index (χ1n) is 3.04. The zero-order valence-corrected chi connectivity index (χ0v) is 6.80. The highest BCUT2D eigenvalue weighted by Gasteiger charge is 2.19. The fraction of sp³-hybridized carbons (Fsp3) is 0.286. The summed E-state index contributed by atoms with van der Waals surface area (Å²) in [7, 11) is 1.39. The molecule has 0 saturated heterocycles. The summed E-state index contributed by atoms with van der Waals surface area (Å²) in [5.41, 5.74) is 0. The van der Waals surface area contributed by atoms with E-state index < -0.39 is 12.1 Å². The molecule has 1 heterocycles. The molecular formula is C7H8O3S. The first-order chi connectivity index (χ1) is 5.25. The van der Waals surface area contributed by atoms with Gasteiger partial charge in [0.25, 0.3) is 0 Å². The Kier molecular flexibility index (Phi) is 2.62. The summed E-state index contributed by atoms with van der Waals surface area (Å²) in [6, 6.07) is 3.54. The summed E-state index contributed by atoms with van der Waals surface area (Å²) in [6.45, 7) is 0. The predicted octanol–water partition coefficient (Wildman–Crippen LogP) is 1.52. The zero-order chi connectivity index (χ0) is 8.27. The average molecular weight is 172 g/mol. The van der Waals surface area contributed by atoms with Crippen LogP contribution in [-0.2, 0) is 9.53 Å². The van der Waals surface area contributed by atoms with Crippen molar-refractivity contribution in [2.75, 3.05) is 7.11 Å². The van der Waals surface area contributed by atoms with Gasteiger partial charge in [0.2, 0.25) is 0 Å². The van der Waals surface area contributed by atoms with Gasteiger partial charge < -0.3 is 9.84 Å². The van der Waals surface area contributed by atoms with E-state index in [1.165, 1.54) is 18.4 Å². The lowest BCUT2D eigenvalue weighted by atomic mass is 10.3. The lowest BCUT2D eigenvalue weighted by molar-refractivity contribution is -0.148.